The highest BCUT2D eigenvalue weighted by Crippen LogP contribution is 2.34. The summed E-state index contributed by atoms with van der Waals surface area (Å²) < 4.78 is 6.17. The fraction of sp³-hybridized carbons (Fsp3) is 0.467. The van der Waals surface area contributed by atoms with Gasteiger partial charge in [0.15, 0.2) is 5.15 Å². The molecule has 2 aromatic rings. The first-order chi connectivity index (χ1) is 11.2. The number of thiophene rings is 1. The molecule has 3 aliphatic heterocycles. The number of aromatic nitrogens is 1. The first kappa shape index (κ1) is 15.5. The number of fused-ring (bicyclic) bond motifs is 3. The van der Waals surface area contributed by atoms with Crippen LogP contribution in [-0.4, -0.2) is 41.5 Å². The van der Waals surface area contributed by atoms with Gasteiger partial charge in [0, 0.05) is 12.6 Å². The lowest BCUT2D eigenvalue weighted by atomic mass is 9.84. The summed E-state index contributed by atoms with van der Waals surface area (Å²) in [5.74, 6) is 0.651. The summed E-state index contributed by atoms with van der Waals surface area (Å²) in [6.45, 7) is 3.34. The zero-order valence-electron chi connectivity index (χ0n) is 12.3. The van der Waals surface area contributed by atoms with Crippen molar-refractivity contribution in [2.24, 2.45) is 5.92 Å². The lowest BCUT2D eigenvalue weighted by Gasteiger charge is -2.44. The molecule has 1 atom stereocenters. The molecule has 8 heteroatoms. The highest BCUT2D eigenvalue weighted by atomic mass is 35.5. The molecular weight excluding hydrogens is 354 g/mol. The SMILES string of the molecule is O=C(N[C@H]1CN2CCC1CC2)c1ccc(Sc2nc(Cl)co2)s1. The largest absolute Gasteiger partial charge is 0.438 e. The van der Waals surface area contributed by atoms with Gasteiger partial charge < -0.3 is 14.6 Å². The summed E-state index contributed by atoms with van der Waals surface area (Å²) in [6.07, 6.45) is 3.79. The average Bonchev–Trinajstić information content (AvgIpc) is 3.18. The number of nitrogens with zero attached hydrogens (tertiary/aromatic N) is 2. The Kier molecular flexibility index (Phi) is 4.36. The molecule has 5 nitrogen and oxygen atoms in total. The Morgan fingerprint density at radius 1 is 1.43 bits per heavy atom. The van der Waals surface area contributed by atoms with Crippen LogP contribution in [0.3, 0.4) is 0 Å². The van der Waals surface area contributed by atoms with Crippen LogP contribution in [0.4, 0.5) is 0 Å². The standard InChI is InChI=1S/C15H16ClN3O2S2/c16-12-8-21-15(18-12)23-13-2-1-11(22-13)14(20)17-10-7-19-5-3-9(10)4-6-19/h1-2,8-10H,3-7H2,(H,17,20)/t10-/m0/s1. The van der Waals surface area contributed by atoms with E-state index in [1.54, 1.807) is 0 Å². The summed E-state index contributed by atoms with van der Waals surface area (Å²) in [7, 11) is 0. The van der Waals surface area contributed by atoms with E-state index < -0.39 is 0 Å². The predicted octanol–water partition coefficient (Wildman–Crippen LogP) is 3.36. The van der Waals surface area contributed by atoms with E-state index >= 15 is 0 Å². The Hall–Kier alpha value is -1.02. The van der Waals surface area contributed by atoms with Crippen LogP contribution in [0.2, 0.25) is 5.15 Å². The van der Waals surface area contributed by atoms with Gasteiger partial charge in [-0.1, -0.05) is 11.6 Å². The normalized spacial score (nSPS) is 26.4. The van der Waals surface area contributed by atoms with Crippen molar-refractivity contribution in [1.29, 1.82) is 0 Å². The predicted molar refractivity (Wildman–Crippen MR) is 90.4 cm³/mol. The Balaban J connectivity index is 1.39. The van der Waals surface area contributed by atoms with Crippen molar-refractivity contribution in [2.75, 3.05) is 19.6 Å². The summed E-state index contributed by atoms with van der Waals surface area (Å²) in [4.78, 5) is 19.7. The van der Waals surface area contributed by atoms with Crippen molar-refractivity contribution < 1.29 is 9.21 Å². The molecule has 122 valence electrons. The molecule has 0 spiro atoms. The molecule has 1 amide bonds. The molecular formula is C15H16ClN3O2S2. The highest BCUT2D eigenvalue weighted by Gasteiger charge is 2.35. The molecule has 1 N–H and O–H groups in total. The minimum Gasteiger partial charge on any atom is -0.438 e. The zero-order valence-corrected chi connectivity index (χ0v) is 14.7. The van der Waals surface area contributed by atoms with Crippen LogP contribution in [0, 0.1) is 5.92 Å². The molecule has 5 rings (SSSR count). The molecule has 3 saturated heterocycles. The second kappa shape index (κ2) is 6.47. The molecule has 2 bridgehead atoms. The number of carbonyl (C=O) groups is 1. The van der Waals surface area contributed by atoms with Gasteiger partial charge in [-0.05, 0) is 55.7 Å². The molecule has 0 aliphatic carbocycles. The third-order valence-electron chi connectivity index (χ3n) is 4.42. The molecule has 5 heterocycles. The van der Waals surface area contributed by atoms with Gasteiger partial charge in [0.25, 0.3) is 11.1 Å². The van der Waals surface area contributed by atoms with Crippen LogP contribution < -0.4 is 5.32 Å². The van der Waals surface area contributed by atoms with Gasteiger partial charge in [-0.25, -0.2) is 0 Å². The van der Waals surface area contributed by atoms with Crippen molar-refractivity contribution >= 4 is 40.6 Å². The van der Waals surface area contributed by atoms with E-state index in [0.29, 0.717) is 16.3 Å². The molecule has 2 aromatic heterocycles. The zero-order chi connectivity index (χ0) is 15.8. The van der Waals surface area contributed by atoms with Crippen LogP contribution in [0.15, 0.2) is 32.2 Å². The van der Waals surface area contributed by atoms with Gasteiger partial charge in [-0.15, -0.1) is 11.3 Å². The first-order valence-corrected chi connectivity index (χ1v) is 9.60. The van der Waals surface area contributed by atoms with Gasteiger partial charge in [0.1, 0.15) is 6.26 Å². The number of amides is 1. The van der Waals surface area contributed by atoms with Gasteiger partial charge in [-0.3, -0.25) is 4.79 Å². The lowest BCUT2D eigenvalue weighted by Crippen LogP contribution is -2.57. The highest BCUT2D eigenvalue weighted by molar-refractivity contribution is 8.01. The number of oxazole rings is 1. The third-order valence-corrected chi connectivity index (χ3v) is 6.67. The Morgan fingerprint density at radius 2 is 2.26 bits per heavy atom. The number of carbonyl (C=O) groups excluding carboxylic acids is 1. The molecule has 0 aromatic carbocycles. The summed E-state index contributed by atoms with van der Waals surface area (Å²) >= 11 is 8.56. The summed E-state index contributed by atoms with van der Waals surface area (Å²) in [5, 5.41) is 4.03. The van der Waals surface area contributed by atoms with E-state index in [4.69, 9.17) is 16.0 Å². The second-order valence-corrected chi connectivity index (χ2v) is 8.60. The van der Waals surface area contributed by atoms with Gasteiger partial charge in [0.05, 0.1) is 9.09 Å². The van der Waals surface area contributed by atoms with Crippen LogP contribution in [0.1, 0.15) is 22.5 Å². The average molecular weight is 370 g/mol. The van der Waals surface area contributed by atoms with Crippen molar-refractivity contribution in [3.05, 3.63) is 28.4 Å². The third kappa shape index (κ3) is 3.42. The maximum atomic E-state index is 12.5. The number of halogens is 1. The molecule has 0 radical (unpaired) electrons. The summed E-state index contributed by atoms with van der Waals surface area (Å²) in [5.41, 5.74) is 0. The molecule has 3 aliphatic rings. The molecule has 0 unspecified atom stereocenters. The quantitative estimate of drug-likeness (QED) is 0.895. The van der Waals surface area contributed by atoms with Crippen LogP contribution >= 0.6 is 34.7 Å². The first-order valence-electron chi connectivity index (χ1n) is 7.59. The molecule has 0 saturated carbocycles. The van der Waals surface area contributed by atoms with Crippen LogP contribution in [0.5, 0.6) is 0 Å². The van der Waals surface area contributed by atoms with Gasteiger partial charge in [-0.2, -0.15) is 4.98 Å². The Bertz CT molecular complexity index is 709. The van der Waals surface area contributed by atoms with E-state index in [9.17, 15) is 4.79 Å². The topological polar surface area (TPSA) is 58.4 Å². The van der Waals surface area contributed by atoms with E-state index in [-0.39, 0.29) is 11.9 Å². The van der Waals surface area contributed by atoms with E-state index in [0.717, 1.165) is 15.6 Å². The maximum Gasteiger partial charge on any atom is 0.262 e. The van der Waals surface area contributed by atoms with Crippen LogP contribution in [-0.2, 0) is 0 Å². The number of hydrogen-bond donors (Lipinski definition) is 1. The Morgan fingerprint density at radius 3 is 2.91 bits per heavy atom. The van der Waals surface area contributed by atoms with Gasteiger partial charge >= 0.3 is 0 Å². The van der Waals surface area contributed by atoms with Crippen molar-refractivity contribution in [1.82, 2.24) is 15.2 Å². The molecule has 3 fully saturated rings. The van der Waals surface area contributed by atoms with Crippen molar-refractivity contribution in [3.63, 3.8) is 0 Å². The second-order valence-electron chi connectivity index (χ2n) is 5.87. The maximum absolute atomic E-state index is 12.5. The fourth-order valence-electron chi connectivity index (χ4n) is 3.24. The lowest BCUT2D eigenvalue weighted by molar-refractivity contribution is 0.0622. The minimum atomic E-state index is 0.0195. The number of nitrogens with one attached hydrogen (secondary N) is 1. The minimum absolute atomic E-state index is 0.0195. The fourth-order valence-corrected chi connectivity index (χ4v) is 5.25. The Labute approximate surface area is 147 Å². The van der Waals surface area contributed by atoms with Crippen molar-refractivity contribution in [3.8, 4) is 0 Å². The van der Waals surface area contributed by atoms with E-state index in [1.807, 2.05) is 12.1 Å². The monoisotopic (exact) mass is 369 g/mol. The smallest absolute Gasteiger partial charge is 0.262 e. The summed E-state index contributed by atoms with van der Waals surface area (Å²) in [6, 6.07) is 4.06. The number of rotatable bonds is 4. The number of piperidine rings is 3. The molecule has 23 heavy (non-hydrogen) atoms. The van der Waals surface area contributed by atoms with Crippen LogP contribution in [0.25, 0.3) is 0 Å². The van der Waals surface area contributed by atoms with Crippen molar-refractivity contribution in [2.45, 2.75) is 28.3 Å². The van der Waals surface area contributed by atoms with E-state index in [2.05, 4.69) is 15.2 Å². The number of hydrogen-bond acceptors (Lipinski definition) is 6. The van der Waals surface area contributed by atoms with Gasteiger partial charge in [0.2, 0.25) is 0 Å². The van der Waals surface area contributed by atoms with E-state index in [1.165, 1.54) is 55.3 Å².